The van der Waals surface area contributed by atoms with Crippen LogP contribution in [-0.2, 0) is 22.4 Å². The van der Waals surface area contributed by atoms with Gasteiger partial charge in [0.1, 0.15) is 5.82 Å². The lowest BCUT2D eigenvalue weighted by molar-refractivity contribution is -0.128. The predicted molar refractivity (Wildman–Crippen MR) is 92.3 cm³/mol. The average molecular weight is 374 g/mol. The molecule has 3 aromatic rings. The van der Waals surface area contributed by atoms with Crippen LogP contribution in [-0.4, -0.2) is 22.0 Å². The first-order valence-corrected chi connectivity index (χ1v) is 8.71. The molecule has 26 heavy (non-hydrogen) atoms. The summed E-state index contributed by atoms with van der Waals surface area (Å²) in [5, 5.41) is 11.6. The van der Waals surface area contributed by atoms with Crippen molar-refractivity contribution in [3.63, 3.8) is 0 Å². The maximum atomic E-state index is 12.8. The number of nitrogens with one attached hydrogen (secondary N) is 2. The smallest absolute Gasteiger partial charge is 0.248 e. The van der Waals surface area contributed by atoms with Crippen LogP contribution in [0.5, 0.6) is 0 Å². The van der Waals surface area contributed by atoms with Gasteiger partial charge in [0, 0.05) is 23.8 Å². The lowest BCUT2D eigenvalue weighted by Crippen LogP contribution is -2.42. The first-order valence-electron chi connectivity index (χ1n) is 7.77. The van der Waals surface area contributed by atoms with Crippen LogP contribution >= 0.6 is 11.3 Å². The molecule has 134 valence electrons. The molecular formula is C17H15FN4O3S. The van der Waals surface area contributed by atoms with Crippen LogP contribution < -0.4 is 10.9 Å². The van der Waals surface area contributed by atoms with Gasteiger partial charge in [0.15, 0.2) is 0 Å². The molecule has 2 aromatic heterocycles. The Morgan fingerprint density at radius 3 is 2.58 bits per heavy atom. The Bertz CT molecular complexity index is 878. The Morgan fingerprint density at radius 1 is 1.08 bits per heavy atom. The molecule has 0 aliphatic carbocycles. The van der Waals surface area contributed by atoms with Crippen LogP contribution in [0.4, 0.5) is 4.39 Å². The molecule has 0 bridgehead atoms. The molecule has 0 saturated heterocycles. The van der Waals surface area contributed by atoms with Gasteiger partial charge >= 0.3 is 0 Å². The van der Waals surface area contributed by atoms with Gasteiger partial charge in [-0.05, 0) is 29.1 Å². The summed E-state index contributed by atoms with van der Waals surface area (Å²) in [5.41, 5.74) is 6.11. The third kappa shape index (κ3) is 4.96. The summed E-state index contributed by atoms with van der Waals surface area (Å²) >= 11 is 1.52. The summed E-state index contributed by atoms with van der Waals surface area (Å²) in [6.07, 6.45) is 0.382. The largest absolute Gasteiger partial charge is 0.421 e. The molecule has 1 aromatic carbocycles. The number of hydrogen-bond acceptors (Lipinski definition) is 6. The first-order chi connectivity index (χ1) is 12.6. The van der Waals surface area contributed by atoms with Crippen molar-refractivity contribution in [3.05, 3.63) is 58.4 Å². The van der Waals surface area contributed by atoms with Crippen molar-refractivity contribution in [2.45, 2.75) is 19.3 Å². The fourth-order valence-corrected chi connectivity index (χ4v) is 2.74. The maximum Gasteiger partial charge on any atom is 0.248 e. The molecule has 2 heterocycles. The van der Waals surface area contributed by atoms with E-state index in [-0.39, 0.29) is 31.0 Å². The number of carbonyl (C=O) groups is 2. The molecule has 2 amide bonds. The van der Waals surface area contributed by atoms with Crippen LogP contribution in [0.1, 0.15) is 17.9 Å². The number of amides is 2. The Balaban J connectivity index is 1.40. The van der Waals surface area contributed by atoms with Gasteiger partial charge in [-0.2, -0.15) is 11.3 Å². The minimum Gasteiger partial charge on any atom is -0.421 e. The van der Waals surface area contributed by atoms with Crippen molar-refractivity contribution < 1.29 is 18.4 Å². The number of carbonyl (C=O) groups excluding carboxylic acids is 2. The van der Waals surface area contributed by atoms with Gasteiger partial charge in [-0.1, -0.05) is 12.1 Å². The number of rotatable bonds is 6. The van der Waals surface area contributed by atoms with E-state index >= 15 is 0 Å². The number of benzene rings is 1. The zero-order valence-corrected chi connectivity index (χ0v) is 14.4. The zero-order valence-electron chi connectivity index (χ0n) is 13.6. The van der Waals surface area contributed by atoms with Crippen molar-refractivity contribution in [1.29, 1.82) is 0 Å². The van der Waals surface area contributed by atoms with E-state index in [4.69, 9.17) is 4.42 Å². The number of aryl methyl sites for hydroxylation is 1. The molecule has 0 saturated carbocycles. The normalized spacial score (nSPS) is 10.5. The maximum absolute atomic E-state index is 12.8. The van der Waals surface area contributed by atoms with Crippen molar-refractivity contribution in [3.8, 4) is 11.5 Å². The topological polar surface area (TPSA) is 97.1 Å². The summed E-state index contributed by atoms with van der Waals surface area (Å²) in [7, 11) is 0. The second-order valence-corrected chi connectivity index (χ2v) is 6.19. The SMILES string of the molecule is O=C(CCc1nnc(-c2ccsc2)o1)NNC(=O)Cc1ccc(F)cc1. The van der Waals surface area contributed by atoms with Crippen LogP contribution in [0.25, 0.3) is 11.5 Å². The van der Waals surface area contributed by atoms with E-state index in [0.717, 1.165) is 5.56 Å². The molecule has 7 nitrogen and oxygen atoms in total. The molecule has 0 radical (unpaired) electrons. The number of nitrogens with zero attached hydrogens (tertiary/aromatic N) is 2. The molecule has 3 rings (SSSR count). The Labute approximate surface area is 152 Å². The highest BCUT2D eigenvalue weighted by atomic mass is 32.1. The Hall–Kier alpha value is -3.07. The van der Waals surface area contributed by atoms with Crippen LogP contribution in [0, 0.1) is 5.82 Å². The summed E-state index contributed by atoms with van der Waals surface area (Å²) in [4.78, 5) is 23.5. The van der Waals surface area contributed by atoms with Crippen LogP contribution in [0.15, 0.2) is 45.5 Å². The summed E-state index contributed by atoms with van der Waals surface area (Å²) in [6.45, 7) is 0. The van der Waals surface area contributed by atoms with E-state index < -0.39 is 5.91 Å². The molecule has 0 atom stereocenters. The van der Waals surface area contributed by atoms with Crippen molar-refractivity contribution in [2.75, 3.05) is 0 Å². The van der Waals surface area contributed by atoms with E-state index in [2.05, 4.69) is 21.0 Å². The minimum absolute atomic E-state index is 0.0359. The molecular weight excluding hydrogens is 359 g/mol. The van der Waals surface area contributed by atoms with Crippen molar-refractivity contribution in [1.82, 2.24) is 21.0 Å². The predicted octanol–water partition coefficient (Wildman–Crippen LogP) is 2.26. The molecule has 0 fully saturated rings. The second kappa shape index (κ2) is 8.34. The standard InChI is InChI=1S/C17H15FN4O3S/c18-13-3-1-11(2-4-13)9-15(24)20-19-14(23)5-6-16-21-22-17(25-16)12-7-8-26-10-12/h1-4,7-8,10H,5-6,9H2,(H,19,23)(H,20,24). The van der Waals surface area contributed by atoms with E-state index in [0.29, 0.717) is 17.3 Å². The lowest BCUT2D eigenvalue weighted by Gasteiger charge is -2.06. The number of halogens is 1. The van der Waals surface area contributed by atoms with Crippen molar-refractivity contribution in [2.24, 2.45) is 0 Å². The highest BCUT2D eigenvalue weighted by molar-refractivity contribution is 7.08. The van der Waals surface area contributed by atoms with E-state index in [9.17, 15) is 14.0 Å². The molecule has 0 aliphatic rings. The molecule has 0 spiro atoms. The first kappa shape index (κ1) is 17.7. The van der Waals surface area contributed by atoms with Gasteiger partial charge in [-0.3, -0.25) is 20.4 Å². The van der Waals surface area contributed by atoms with Gasteiger partial charge in [0.05, 0.1) is 6.42 Å². The zero-order chi connectivity index (χ0) is 18.4. The van der Waals surface area contributed by atoms with E-state index in [1.807, 2.05) is 16.8 Å². The van der Waals surface area contributed by atoms with Crippen molar-refractivity contribution >= 4 is 23.2 Å². The highest BCUT2D eigenvalue weighted by Gasteiger charge is 2.11. The van der Waals surface area contributed by atoms with Gasteiger partial charge in [0.25, 0.3) is 0 Å². The summed E-state index contributed by atoms with van der Waals surface area (Å²) < 4.78 is 18.3. The van der Waals surface area contributed by atoms with Gasteiger partial charge in [-0.15, -0.1) is 10.2 Å². The Morgan fingerprint density at radius 2 is 1.85 bits per heavy atom. The van der Waals surface area contributed by atoms with Gasteiger partial charge in [-0.25, -0.2) is 4.39 Å². The molecule has 0 aliphatic heterocycles. The molecule has 0 unspecified atom stereocenters. The minimum atomic E-state index is -0.400. The fraction of sp³-hybridized carbons (Fsp3) is 0.176. The summed E-state index contributed by atoms with van der Waals surface area (Å²) in [5.74, 6) is -0.394. The van der Waals surface area contributed by atoms with E-state index in [1.165, 1.54) is 35.6 Å². The molecule has 2 N–H and O–H groups in total. The molecule has 9 heteroatoms. The quantitative estimate of drug-likeness (QED) is 0.645. The number of aromatic nitrogens is 2. The fourth-order valence-electron chi connectivity index (χ4n) is 2.11. The second-order valence-electron chi connectivity index (χ2n) is 5.41. The monoisotopic (exact) mass is 374 g/mol. The highest BCUT2D eigenvalue weighted by Crippen LogP contribution is 2.20. The average Bonchev–Trinajstić information content (AvgIpc) is 3.31. The Kier molecular flexibility index (Phi) is 5.69. The number of hydrogen-bond donors (Lipinski definition) is 2. The third-order valence-corrected chi connectivity index (χ3v) is 4.10. The van der Waals surface area contributed by atoms with Crippen LogP contribution in [0.3, 0.4) is 0 Å². The van der Waals surface area contributed by atoms with Crippen LogP contribution in [0.2, 0.25) is 0 Å². The van der Waals surface area contributed by atoms with E-state index in [1.54, 1.807) is 0 Å². The number of thiophene rings is 1. The third-order valence-electron chi connectivity index (χ3n) is 3.42. The number of hydrazine groups is 1. The van der Waals surface area contributed by atoms with Gasteiger partial charge in [0.2, 0.25) is 23.6 Å². The van der Waals surface area contributed by atoms with Gasteiger partial charge < -0.3 is 4.42 Å². The summed E-state index contributed by atoms with van der Waals surface area (Å²) in [6, 6.07) is 7.44. The lowest BCUT2D eigenvalue weighted by atomic mass is 10.1.